The molecule has 4 saturated heterocycles. The zero-order valence-corrected chi connectivity index (χ0v) is 19.6. The van der Waals surface area contributed by atoms with Gasteiger partial charge in [-0.15, -0.1) is 10.2 Å². The Morgan fingerprint density at radius 2 is 1.69 bits per heavy atom. The van der Waals surface area contributed by atoms with Gasteiger partial charge < -0.3 is 20.2 Å². The first-order chi connectivity index (χ1) is 17.0. The van der Waals surface area contributed by atoms with Crippen LogP contribution in [0, 0.1) is 5.92 Å². The van der Waals surface area contributed by atoms with E-state index in [0.717, 1.165) is 44.8 Å². The number of rotatable bonds is 4. The average molecular weight is 476 g/mol. The summed E-state index contributed by atoms with van der Waals surface area (Å²) in [5.41, 5.74) is 2.75. The Hall–Kier alpha value is -3.63. The quantitative estimate of drug-likeness (QED) is 0.534. The highest BCUT2D eigenvalue weighted by atomic mass is 16.3. The largest absolute Gasteiger partial charge is 0.483 e. The summed E-state index contributed by atoms with van der Waals surface area (Å²) in [5, 5.41) is 22.5. The van der Waals surface area contributed by atoms with E-state index in [1.54, 1.807) is 7.05 Å². The van der Waals surface area contributed by atoms with Crippen LogP contribution in [-0.2, 0) is 17.3 Å². The van der Waals surface area contributed by atoms with Gasteiger partial charge in [0.15, 0.2) is 0 Å². The van der Waals surface area contributed by atoms with Gasteiger partial charge in [-0.05, 0) is 22.9 Å². The van der Waals surface area contributed by atoms with Crippen molar-refractivity contribution in [3.63, 3.8) is 0 Å². The molecule has 5 heterocycles. The zero-order chi connectivity index (χ0) is 24.4. The zero-order valence-electron chi connectivity index (χ0n) is 19.6. The molecule has 10 heteroatoms. The molecule has 3 atom stereocenters. The van der Waals surface area contributed by atoms with Gasteiger partial charge in [0.1, 0.15) is 0 Å². The molecule has 2 aromatic carbocycles. The van der Waals surface area contributed by atoms with Crippen LogP contribution in [0.5, 0.6) is 0 Å². The number of aromatic nitrogens is 4. The molecule has 1 amide bonds. The first-order valence-electron chi connectivity index (χ1n) is 11.8. The van der Waals surface area contributed by atoms with Crippen molar-refractivity contribution in [3.8, 4) is 11.4 Å². The molecule has 0 radical (unpaired) electrons. The Kier molecular flexibility index (Phi) is 6.31. The van der Waals surface area contributed by atoms with Crippen LogP contribution in [-0.4, -0.2) is 92.8 Å². The normalized spacial score (nSPS) is 28.5. The second kappa shape index (κ2) is 9.55. The van der Waals surface area contributed by atoms with Crippen LogP contribution >= 0.6 is 0 Å². The van der Waals surface area contributed by atoms with E-state index in [-0.39, 0.29) is 23.8 Å². The lowest BCUT2D eigenvalue weighted by Crippen LogP contribution is -2.70. The molecule has 0 spiro atoms. The molecule has 4 aliphatic rings. The fourth-order valence-corrected chi connectivity index (χ4v) is 5.96. The third-order valence-electron chi connectivity index (χ3n) is 7.35. The number of carboxylic acid groups (broad SMARTS) is 1. The molecular weight excluding hydrogens is 446 g/mol. The van der Waals surface area contributed by atoms with Crippen molar-refractivity contribution in [2.24, 2.45) is 13.0 Å². The monoisotopic (exact) mass is 475 g/mol. The van der Waals surface area contributed by atoms with E-state index < -0.39 is 0 Å². The van der Waals surface area contributed by atoms with Gasteiger partial charge in [-0.2, -0.15) is 4.80 Å². The Morgan fingerprint density at radius 3 is 2.26 bits per heavy atom. The number of nitrogens with one attached hydrogen (secondary N) is 1. The molecule has 0 aliphatic carbocycles. The summed E-state index contributed by atoms with van der Waals surface area (Å²) >= 11 is 0. The van der Waals surface area contributed by atoms with Crippen molar-refractivity contribution in [2.75, 3.05) is 39.3 Å². The van der Waals surface area contributed by atoms with Crippen LogP contribution in [0.2, 0.25) is 0 Å². The van der Waals surface area contributed by atoms with Crippen LogP contribution in [0.15, 0.2) is 54.6 Å². The van der Waals surface area contributed by atoms with E-state index in [0.29, 0.717) is 17.3 Å². The van der Waals surface area contributed by atoms with Gasteiger partial charge >= 0.3 is 0 Å². The number of amides is 1. The van der Waals surface area contributed by atoms with Crippen molar-refractivity contribution in [3.05, 3.63) is 65.7 Å². The minimum Gasteiger partial charge on any atom is -0.483 e. The van der Waals surface area contributed by atoms with Gasteiger partial charge in [0.2, 0.25) is 5.82 Å². The lowest BCUT2D eigenvalue weighted by atomic mass is 9.64. The predicted molar refractivity (Wildman–Crippen MR) is 129 cm³/mol. The topological polar surface area (TPSA) is 116 Å². The molecule has 182 valence electrons. The highest BCUT2D eigenvalue weighted by molar-refractivity contribution is 5.95. The lowest BCUT2D eigenvalue weighted by Gasteiger charge is -2.55. The molecule has 0 saturated carbocycles. The third kappa shape index (κ3) is 4.42. The van der Waals surface area contributed by atoms with E-state index >= 15 is 0 Å². The molecule has 3 unspecified atom stereocenters. The first kappa shape index (κ1) is 23.1. The molecule has 7 rings (SSSR count). The summed E-state index contributed by atoms with van der Waals surface area (Å²) in [6, 6.07) is 18.4. The number of carbonyl (C=O) groups excluding carboxylic acids is 1. The standard InChI is InChI=1S/C24H27N7O.CH2O2/c1-29-27-22(26-28-29)17-7-9-18(10-8-17)23(32)25-21-19-13-30-11-12-31(14-19)16-24(21,15-30)20-5-3-2-4-6-20;2-1-3/h2-10,19,21H,11-16H2,1H3,(H,25,32);1H,(H,2,3). The Bertz CT molecular complexity index is 1170. The van der Waals surface area contributed by atoms with Crippen LogP contribution in [0.3, 0.4) is 0 Å². The summed E-state index contributed by atoms with van der Waals surface area (Å²) in [7, 11) is 1.74. The number of tetrazole rings is 1. The van der Waals surface area contributed by atoms with Gasteiger partial charge in [-0.25, -0.2) is 0 Å². The van der Waals surface area contributed by atoms with Gasteiger partial charge in [0, 0.05) is 67.8 Å². The highest BCUT2D eigenvalue weighted by Gasteiger charge is 2.55. The van der Waals surface area contributed by atoms with Gasteiger partial charge in [-0.3, -0.25) is 9.59 Å². The highest BCUT2D eigenvalue weighted by Crippen LogP contribution is 2.43. The van der Waals surface area contributed by atoms with Gasteiger partial charge in [-0.1, -0.05) is 42.5 Å². The fraction of sp³-hybridized carbons (Fsp3) is 0.400. The number of fused-ring (bicyclic) bond motifs is 1. The maximum absolute atomic E-state index is 13.4. The van der Waals surface area contributed by atoms with Crippen LogP contribution in [0.4, 0.5) is 0 Å². The smallest absolute Gasteiger partial charge is 0.290 e. The molecule has 4 bridgehead atoms. The molecule has 3 aromatic rings. The van der Waals surface area contributed by atoms with Crippen LogP contribution < -0.4 is 5.32 Å². The molecule has 35 heavy (non-hydrogen) atoms. The number of carbonyl (C=O) groups is 2. The van der Waals surface area contributed by atoms with Crippen LogP contribution in [0.25, 0.3) is 11.4 Å². The van der Waals surface area contributed by atoms with Crippen molar-refractivity contribution in [1.82, 2.24) is 35.3 Å². The Labute approximate surface area is 203 Å². The Morgan fingerprint density at radius 1 is 1.06 bits per heavy atom. The van der Waals surface area contributed by atoms with Crippen molar-refractivity contribution >= 4 is 12.4 Å². The molecule has 1 aromatic heterocycles. The third-order valence-corrected chi connectivity index (χ3v) is 7.35. The molecule has 4 aliphatic heterocycles. The predicted octanol–water partition coefficient (Wildman–Crippen LogP) is 0.875. The van der Waals surface area contributed by atoms with Gasteiger partial charge in [0.05, 0.1) is 7.05 Å². The van der Waals surface area contributed by atoms with E-state index in [4.69, 9.17) is 9.90 Å². The second-order valence-corrected chi connectivity index (χ2v) is 9.49. The number of benzene rings is 2. The minimum absolute atomic E-state index is 0.0138. The number of nitrogens with zero attached hydrogens (tertiary/aromatic N) is 6. The summed E-state index contributed by atoms with van der Waals surface area (Å²) in [4.78, 5) is 28.3. The minimum atomic E-state index is -0.250. The van der Waals surface area contributed by atoms with E-state index in [1.165, 1.54) is 10.4 Å². The summed E-state index contributed by atoms with van der Waals surface area (Å²) in [6.07, 6.45) is 0. The first-order valence-corrected chi connectivity index (χ1v) is 11.8. The summed E-state index contributed by atoms with van der Waals surface area (Å²) < 4.78 is 0. The number of hydrogen-bond acceptors (Lipinski definition) is 7. The molecular formula is C25H29N7O3. The lowest BCUT2D eigenvalue weighted by molar-refractivity contribution is -0.122. The SMILES string of the molecule is Cn1nnc(-c2ccc(C(=O)NC3C4CN5CCN(C4)CC3(c3ccccc3)C5)cc2)n1.O=CO. The maximum Gasteiger partial charge on any atom is 0.290 e. The maximum atomic E-state index is 13.4. The summed E-state index contributed by atoms with van der Waals surface area (Å²) in [5.74, 6) is 0.968. The number of hydrogen-bond donors (Lipinski definition) is 2. The molecule has 2 N–H and O–H groups in total. The van der Waals surface area contributed by atoms with Crippen molar-refractivity contribution < 1.29 is 14.7 Å². The fourth-order valence-electron chi connectivity index (χ4n) is 5.96. The van der Waals surface area contributed by atoms with Crippen molar-refractivity contribution in [1.29, 1.82) is 0 Å². The second-order valence-electron chi connectivity index (χ2n) is 9.49. The Balaban J connectivity index is 0.000000806. The van der Waals surface area contributed by atoms with Gasteiger partial charge in [0.25, 0.3) is 12.4 Å². The van der Waals surface area contributed by atoms with Crippen molar-refractivity contribution in [2.45, 2.75) is 11.5 Å². The van der Waals surface area contributed by atoms with Crippen LogP contribution in [0.1, 0.15) is 15.9 Å². The van der Waals surface area contributed by atoms with E-state index in [9.17, 15) is 4.79 Å². The summed E-state index contributed by atoms with van der Waals surface area (Å²) in [6.45, 7) is 6.06. The number of aryl methyl sites for hydroxylation is 1. The van der Waals surface area contributed by atoms with E-state index in [1.807, 2.05) is 24.3 Å². The average Bonchev–Trinajstić information content (AvgIpc) is 3.15. The van der Waals surface area contributed by atoms with E-state index in [2.05, 4.69) is 60.9 Å². The molecule has 10 nitrogen and oxygen atoms in total. The number of piperidine rings is 2. The molecule has 4 fully saturated rings.